The number of rotatable bonds is 4. The Labute approximate surface area is 144 Å². The molecule has 0 bridgehead atoms. The number of aryl methyl sites for hydroxylation is 1. The molecule has 126 valence electrons. The summed E-state index contributed by atoms with van der Waals surface area (Å²) in [5.41, 5.74) is 0.912. The SMILES string of the molecule is Cc1nsc(N2CCCN(Cc3ccc(-c4ccn[nH]4)o3)CC2)n1. The maximum absolute atomic E-state index is 5.94. The maximum atomic E-state index is 5.94. The van der Waals surface area contributed by atoms with Gasteiger partial charge in [0.1, 0.15) is 17.3 Å². The standard InChI is InChI=1S/C16H20N6OS/c1-12-18-16(24-20-12)22-8-2-7-21(9-10-22)11-13-3-4-15(23-13)14-5-6-17-19-14/h3-6H,2,7-11H2,1H3,(H,17,19). The minimum atomic E-state index is 0.830. The van der Waals surface area contributed by atoms with Crippen LogP contribution in [-0.4, -0.2) is 50.6 Å². The van der Waals surface area contributed by atoms with Crippen molar-refractivity contribution < 1.29 is 4.42 Å². The number of aromatic nitrogens is 4. The number of nitrogens with zero attached hydrogens (tertiary/aromatic N) is 5. The summed E-state index contributed by atoms with van der Waals surface area (Å²) in [5.74, 6) is 2.68. The van der Waals surface area contributed by atoms with Crippen LogP contribution in [0.5, 0.6) is 0 Å². The van der Waals surface area contributed by atoms with Gasteiger partial charge in [-0.2, -0.15) is 9.47 Å². The molecule has 1 N–H and O–H groups in total. The Morgan fingerprint density at radius 2 is 2.17 bits per heavy atom. The zero-order valence-electron chi connectivity index (χ0n) is 13.6. The zero-order chi connectivity index (χ0) is 16.4. The highest BCUT2D eigenvalue weighted by Gasteiger charge is 2.19. The first-order valence-electron chi connectivity index (χ1n) is 8.14. The van der Waals surface area contributed by atoms with Crippen molar-refractivity contribution in [1.82, 2.24) is 24.5 Å². The summed E-state index contributed by atoms with van der Waals surface area (Å²) in [6, 6.07) is 5.96. The molecule has 0 amide bonds. The summed E-state index contributed by atoms with van der Waals surface area (Å²) in [6.07, 6.45) is 2.85. The number of H-pyrrole nitrogens is 1. The third-order valence-corrected chi connectivity index (χ3v) is 5.05. The van der Waals surface area contributed by atoms with E-state index in [1.165, 1.54) is 11.5 Å². The number of furan rings is 1. The van der Waals surface area contributed by atoms with Crippen molar-refractivity contribution in [3.8, 4) is 11.5 Å². The molecule has 24 heavy (non-hydrogen) atoms. The van der Waals surface area contributed by atoms with Crippen molar-refractivity contribution in [2.75, 3.05) is 31.1 Å². The van der Waals surface area contributed by atoms with Crippen molar-refractivity contribution in [2.24, 2.45) is 0 Å². The normalized spacial score (nSPS) is 16.5. The molecule has 3 aromatic rings. The summed E-state index contributed by atoms with van der Waals surface area (Å²) < 4.78 is 10.2. The molecule has 0 spiro atoms. The molecule has 1 saturated heterocycles. The molecular weight excluding hydrogens is 324 g/mol. The van der Waals surface area contributed by atoms with E-state index in [-0.39, 0.29) is 0 Å². The van der Waals surface area contributed by atoms with Gasteiger partial charge in [-0.3, -0.25) is 10.00 Å². The predicted octanol–water partition coefficient (Wildman–Crippen LogP) is 2.54. The molecule has 1 aliphatic heterocycles. The van der Waals surface area contributed by atoms with E-state index in [1.54, 1.807) is 6.20 Å². The van der Waals surface area contributed by atoms with E-state index in [0.717, 1.165) is 67.3 Å². The van der Waals surface area contributed by atoms with Gasteiger partial charge in [-0.05, 0) is 31.5 Å². The van der Waals surface area contributed by atoms with Crippen molar-refractivity contribution >= 4 is 16.7 Å². The van der Waals surface area contributed by atoms with Crippen molar-refractivity contribution in [3.63, 3.8) is 0 Å². The molecule has 3 aromatic heterocycles. The Balaban J connectivity index is 1.37. The highest BCUT2D eigenvalue weighted by Crippen LogP contribution is 2.22. The van der Waals surface area contributed by atoms with Crippen LogP contribution >= 0.6 is 11.5 Å². The van der Waals surface area contributed by atoms with E-state index >= 15 is 0 Å². The van der Waals surface area contributed by atoms with Crippen LogP contribution in [0, 0.1) is 6.92 Å². The van der Waals surface area contributed by atoms with Crippen LogP contribution in [0.3, 0.4) is 0 Å². The fourth-order valence-corrected chi connectivity index (χ4v) is 3.68. The largest absolute Gasteiger partial charge is 0.458 e. The van der Waals surface area contributed by atoms with Crippen molar-refractivity contribution in [3.05, 3.63) is 36.0 Å². The van der Waals surface area contributed by atoms with Gasteiger partial charge >= 0.3 is 0 Å². The Bertz CT molecular complexity index is 780. The van der Waals surface area contributed by atoms with E-state index in [0.29, 0.717) is 0 Å². The monoisotopic (exact) mass is 344 g/mol. The van der Waals surface area contributed by atoms with Gasteiger partial charge in [0.05, 0.1) is 6.54 Å². The number of anilines is 1. The van der Waals surface area contributed by atoms with Gasteiger partial charge in [0.2, 0.25) is 5.13 Å². The third-order valence-electron chi connectivity index (χ3n) is 4.18. The van der Waals surface area contributed by atoms with Crippen LogP contribution in [0.25, 0.3) is 11.5 Å². The van der Waals surface area contributed by atoms with Crippen LogP contribution in [0.15, 0.2) is 28.8 Å². The van der Waals surface area contributed by atoms with Gasteiger partial charge in [-0.25, -0.2) is 4.98 Å². The molecule has 0 aliphatic carbocycles. The Hall–Kier alpha value is -2.19. The highest BCUT2D eigenvalue weighted by molar-refractivity contribution is 7.09. The molecule has 8 heteroatoms. The zero-order valence-corrected chi connectivity index (χ0v) is 14.4. The third kappa shape index (κ3) is 3.34. The predicted molar refractivity (Wildman–Crippen MR) is 93.0 cm³/mol. The van der Waals surface area contributed by atoms with Gasteiger partial charge in [0, 0.05) is 43.9 Å². The number of hydrogen-bond acceptors (Lipinski definition) is 7. The van der Waals surface area contributed by atoms with Crippen LogP contribution in [-0.2, 0) is 6.54 Å². The molecular formula is C16H20N6OS. The average molecular weight is 344 g/mol. The molecule has 0 saturated carbocycles. The van der Waals surface area contributed by atoms with Crippen LogP contribution in [0.2, 0.25) is 0 Å². The lowest BCUT2D eigenvalue weighted by Gasteiger charge is -2.20. The minimum Gasteiger partial charge on any atom is -0.458 e. The smallest absolute Gasteiger partial charge is 0.205 e. The quantitative estimate of drug-likeness (QED) is 0.784. The van der Waals surface area contributed by atoms with E-state index in [9.17, 15) is 0 Å². The lowest BCUT2D eigenvalue weighted by Crippen LogP contribution is -2.30. The number of aromatic amines is 1. The molecule has 4 rings (SSSR count). The number of hydrogen-bond donors (Lipinski definition) is 1. The summed E-state index contributed by atoms with van der Waals surface area (Å²) in [6.45, 7) is 6.84. The topological polar surface area (TPSA) is 74.1 Å². The van der Waals surface area contributed by atoms with E-state index in [4.69, 9.17) is 4.42 Å². The summed E-state index contributed by atoms with van der Waals surface area (Å²) >= 11 is 1.49. The second-order valence-electron chi connectivity index (χ2n) is 5.98. The second-order valence-corrected chi connectivity index (χ2v) is 6.71. The van der Waals surface area contributed by atoms with E-state index in [1.807, 2.05) is 25.1 Å². The van der Waals surface area contributed by atoms with Gasteiger partial charge in [0.25, 0.3) is 0 Å². The lowest BCUT2D eigenvalue weighted by molar-refractivity contribution is 0.261. The molecule has 0 radical (unpaired) electrons. The molecule has 1 fully saturated rings. The minimum absolute atomic E-state index is 0.830. The van der Waals surface area contributed by atoms with E-state index < -0.39 is 0 Å². The Kier molecular flexibility index (Phi) is 4.31. The number of nitrogens with one attached hydrogen (secondary N) is 1. The highest BCUT2D eigenvalue weighted by atomic mass is 32.1. The summed E-state index contributed by atoms with van der Waals surface area (Å²) in [7, 11) is 0. The van der Waals surface area contributed by atoms with Gasteiger partial charge < -0.3 is 9.32 Å². The first-order chi connectivity index (χ1) is 11.8. The average Bonchev–Trinajstić information content (AvgIpc) is 3.29. The molecule has 1 aliphatic rings. The van der Waals surface area contributed by atoms with E-state index in [2.05, 4.69) is 29.4 Å². The van der Waals surface area contributed by atoms with Crippen LogP contribution in [0.1, 0.15) is 18.0 Å². The second kappa shape index (κ2) is 6.74. The van der Waals surface area contributed by atoms with Crippen LogP contribution < -0.4 is 4.90 Å². The molecule has 0 aromatic carbocycles. The van der Waals surface area contributed by atoms with Crippen molar-refractivity contribution in [2.45, 2.75) is 19.9 Å². The lowest BCUT2D eigenvalue weighted by atomic mass is 10.3. The molecule has 0 atom stereocenters. The summed E-state index contributed by atoms with van der Waals surface area (Å²) in [4.78, 5) is 9.27. The Morgan fingerprint density at radius 1 is 1.21 bits per heavy atom. The fraction of sp³-hybridized carbons (Fsp3) is 0.438. The molecule has 7 nitrogen and oxygen atoms in total. The fourth-order valence-electron chi connectivity index (χ4n) is 2.96. The van der Waals surface area contributed by atoms with Crippen molar-refractivity contribution in [1.29, 1.82) is 0 Å². The first-order valence-corrected chi connectivity index (χ1v) is 8.91. The van der Waals surface area contributed by atoms with Gasteiger partial charge in [0.15, 0.2) is 5.76 Å². The maximum Gasteiger partial charge on any atom is 0.205 e. The summed E-state index contributed by atoms with van der Waals surface area (Å²) in [5, 5.41) is 7.93. The Morgan fingerprint density at radius 3 is 2.96 bits per heavy atom. The molecule has 0 unspecified atom stereocenters. The molecule has 4 heterocycles. The first kappa shape index (κ1) is 15.3. The van der Waals surface area contributed by atoms with Crippen LogP contribution in [0.4, 0.5) is 5.13 Å². The van der Waals surface area contributed by atoms with Gasteiger partial charge in [-0.1, -0.05) is 0 Å². The van der Waals surface area contributed by atoms with Gasteiger partial charge in [-0.15, -0.1) is 0 Å².